The van der Waals surface area contributed by atoms with Gasteiger partial charge < -0.3 is 5.32 Å². The van der Waals surface area contributed by atoms with E-state index in [0.29, 0.717) is 28.3 Å². The van der Waals surface area contributed by atoms with E-state index in [2.05, 4.69) is 21.9 Å². The van der Waals surface area contributed by atoms with Crippen molar-refractivity contribution in [2.75, 3.05) is 11.1 Å². The number of allylic oxidation sites excluding steroid dienone is 1. The van der Waals surface area contributed by atoms with Crippen LogP contribution in [0.5, 0.6) is 0 Å². The quantitative estimate of drug-likeness (QED) is 0.419. The lowest BCUT2D eigenvalue weighted by molar-refractivity contribution is -0.113. The highest BCUT2D eigenvalue weighted by Crippen LogP contribution is 2.18. The zero-order chi connectivity index (χ0) is 17.6. The van der Waals surface area contributed by atoms with Crippen LogP contribution in [0, 0.1) is 0 Å². The first-order valence-corrected chi connectivity index (χ1v) is 8.61. The largest absolute Gasteiger partial charge is 0.324 e. The van der Waals surface area contributed by atoms with Gasteiger partial charge in [0.25, 0.3) is 5.56 Å². The highest BCUT2D eigenvalue weighted by molar-refractivity contribution is 7.99. The average Bonchev–Trinajstić information content (AvgIpc) is 2.63. The summed E-state index contributed by atoms with van der Waals surface area (Å²) in [6, 6.07) is 10.7. The monoisotopic (exact) mass is 352 g/mol. The highest BCUT2D eigenvalue weighted by atomic mass is 32.2. The van der Waals surface area contributed by atoms with Crippen LogP contribution in [0.25, 0.3) is 10.9 Å². The van der Waals surface area contributed by atoms with Crippen LogP contribution < -0.4 is 10.9 Å². The molecule has 0 aliphatic rings. The standard InChI is InChI=1S/C18H16N4O2S/c1-2-10-22-17(24)14-7-3-4-8-15(14)21-18(22)25-12-16(23)20-13-6-5-9-19-11-13/h2-9,11H,1,10,12H2,(H,20,23). The summed E-state index contributed by atoms with van der Waals surface area (Å²) in [5.41, 5.74) is 1.10. The van der Waals surface area contributed by atoms with Gasteiger partial charge in [0.1, 0.15) is 0 Å². The van der Waals surface area contributed by atoms with Gasteiger partial charge in [0.2, 0.25) is 5.91 Å². The van der Waals surface area contributed by atoms with E-state index in [9.17, 15) is 9.59 Å². The molecule has 126 valence electrons. The van der Waals surface area contributed by atoms with Crippen molar-refractivity contribution in [2.24, 2.45) is 0 Å². The van der Waals surface area contributed by atoms with Crippen LogP contribution in [0.2, 0.25) is 0 Å². The molecule has 3 aromatic rings. The number of fused-ring (bicyclic) bond motifs is 1. The number of pyridine rings is 1. The van der Waals surface area contributed by atoms with E-state index in [4.69, 9.17) is 0 Å². The molecule has 0 aliphatic heterocycles. The summed E-state index contributed by atoms with van der Waals surface area (Å²) >= 11 is 1.21. The first kappa shape index (κ1) is 16.9. The number of nitrogens with zero attached hydrogens (tertiary/aromatic N) is 3. The van der Waals surface area contributed by atoms with Crippen LogP contribution in [-0.2, 0) is 11.3 Å². The lowest BCUT2D eigenvalue weighted by Gasteiger charge is -2.11. The lowest BCUT2D eigenvalue weighted by atomic mass is 10.2. The van der Waals surface area contributed by atoms with Crippen molar-refractivity contribution in [1.29, 1.82) is 0 Å². The van der Waals surface area contributed by atoms with Gasteiger partial charge in [-0.1, -0.05) is 30.0 Å². The number of thioether (sulfide) groups is 1. The molecule has 1 amide bonds. The fourth-order valence-electron chi connectivity index (χ4n) is 2.31. The predicted molar refractivity (Wildman–Crippen MR) is 99.8 cm³/mol. The number of carbonyl (C=O) groups excluding carboxylic acids is 1. The summed E-state index contributed by atoms with van der Waals surface area (Å²) in [6.07, 6.45) is 4.85. The number of rotatable bonds is 6. The molecule has 7 heteroatoms. The Bertz CT molecular complexity index is 970. The summed E-state index contributed by atoms with van der Waals surface area (Å²) in [7, 11) is 0. The number of anilines is 1. The number of carbonyl (C=O) groups is 1. The molecule has 25 heavy (non-hydrogen) atoms. The molecule has 3 rings (SSSR count). The summed E-state index contributed by atoms with van der Waals surface area (Å²) < 4.78 is 1.53. The molecule has 6 nitrogen and oxygen atoms in total. The van der Waals surface area contributed by atoms with E-state index >= 15 is 0 Å². The van der Waals surface area contributed by atoms with Gasteiger partial charge in [0.15, 0.2) is 5.16 Å². The molecule has 0 bridgehead atoms. The molecule has 0 fully saturated rings. The van der Waals surface area contributed by atoms with Crippen LogP contribution in [0.4, 0.5) is 5.69 Å². The van der Waals surface area contributed by atoms with Crippen LogP contribution in [0.1, 0.15) is 0 Å². The molecule has 1 aromatic carbocycles. The fraction of sp³-hybridized carbons (Fsp3) is 0.111. The van der Waals surface area contributed by atoms with Crippen molar-refractivity contribution in [2.45, 2.75) is 11.7 Å². The SMILES string of the molecule is C=CCn1c(SCC(=O)Nc2cccnc2)nc2ccccc2c1=O. The Morgan fingerprint density at radius 1 is 1.28 bits per heavy atom. The molecule has 0 spiro atoms. The molecule has 0 unspecified atom stereocenters. The third kappa shape index (κ3) is 3.95. The van der Waals surface area contributed by atoms with Gasteiger partial charge in [-0.25, -0.2) is 4.98 Å². The minimum absolute atomic E-state index is 0.136. The second-order valence-corrected chi connectivity index (χ2v) is 6.14. The third-order valence-corrected chi connectivity index (χ3v) is 4.39. The van der Waals surface area contributed by atoms with Gasteiger partial charge in [-0.05, 0) is 24.3 Å². The predicted octanol–water partition coefficient (Wildman–Crippen LogP) is 2.71. The van der Waals surface area contributed by atoms with Crippen molar-refractivity contribution < 1.29 is 4.79 Å². The molecule has 0 atom stereocenters. The normalized spacial score (nSPS) is 10.6. The Morgan fingerprint density at radius 2 is 2.12 bits per heavy atom. The summed E-state index contributed by atoms with van der Waals surface area (Å²) in [4.78, 5) is 33.2. The second-order valence-electron chi connectivity index (χ2n) is 5.19. The second kappa shape index (κ2) is 7.76. The van der Waals surface area contributed by atoms with Gasteiger partial charge in [-0.15, -0.1) is 6.58 Å². The van der Waals surface area contributed by atoms with Gasteiger partial charge in [0.05, 0.1) is 28.5 Å². The van der Waals surface area contributed by atoms with E-state index in [0.717, 1.165) is 0 Å². The average molecular weight is 352 g/mol. The van der Waals surface area contributed by atoms with E-state index < -0.39 is 0 Å². The molecule has 2 heterocycles. The van der Waals surface area contributed by atoms with Crippen LogP contribution >= 0.6 is 11.8 Å². The lowest BCUT2D eigenvalue weighted by Crippen LogP contribution is -2.23. The van der Waals surface area contributed by atoms with Crippen LogP contribution in [-0.4, -0.2) is 26.2 Å². The molecule has 2 aromatic heterocycles. The van der Waals surface area contributed by atoms with E-state index in [1.54, 1.807) is 48.8 Å². The Balaban J connectivity index is 1.82. The number of amides is 1. The molecule has 1 N–H and O–H groups in total. The maximum atomic E-state index is 12.6. The van der Waals surface area contributed by atoms with Crippen LogP contribution in [0.3, 0.4) is 0 Å². The number of benzene rings is 1. The zero-order valence-corrected chi connectivity index (χ0v) is 14.2. The topological polar surface area (TPSA) is 76.9 Å². The highest BCUT2D eigenvalue weighted by Gasteiger charge is 2.12. The Kier molecular flexibility index (Phi) is 5.25. The molecular weight excluding hydrogens is 336 g/mol. The summed E-state index contributed by atoms with van der Waals surface area (Å²) in [6.45, 7) is 4.02. The summed E-state index contributed by atoms with van der Waals surface area (Å²) in [5, 5.41) is 3.80. The van der Waals surface area contributed by atoms with Crippen molar-refractivity contribution >= 4 is 34.3 Å². The minimum Gasteiger partial charge on any atom is -0.324 e. The summed E-state index contributed by atoms with van der Waals surface area (Å²) in [5.74, 6) is -0.0536. The number of nitrogens with one attached hydrogen (secondary N) is 1. The van der Waals surface area contributed by atoms with Crippen molar-refractivity contribution in [3.05, 3.63) is 71.8 Å². The Hall–Kier alpha value is -2.93. The van der Waals surface area contributed by atoms with Gasteiger partial charge in [0, 0.05) is 12.7 Å². The zero-order valence-electron chi connectivity index (χ0n) is 13.4. The van der Waals surface area contributed by atoms with Gasteiger partial charge in [-0.3, -0.25) is 19.1 Å². The molecule has 0 aliphatic carbocycles. The van der Waals surface area contributed by atoms with E-state index in [-0.39, 0.29) is 17.2 Å². The first-order chi connectivity index (χ1) is 12.2. The Labute approximate surface area is 148 Å². The number of aromatic nitrogens is 3. The maximum Gasteiger partial charge on any atom is 0.262 e. The number of para-hydroxylation sites is 1. The molecule has 0 saturated carbocycles. The van der Waals surface area contributed by atoms with Gasteiger partial charge in [-0.2, -0.15) is 0 Å². The van der Waals surface area contributed by atoms with Crippen LogP contribution in [0.15, 0.2) is 71.4 Å². The molecule has 0 saturated heterocycles. The van der Waals surface area contributed by atoms with Gasteiger partial charge >= 0.3 is 0 Å². The minimum atomic E-state index is -0.189. The van der Waals surface area contributed by atoms with Crippen molar-refractivity contribution in [3.8, 4) is 0 Å². The molecular formula is C18H16N4O2S. The number of hydrogen-bond acceptors (Lipinski definition) is 5. The van der Waals surface area contributed by atoms with Crippen molar-refractivity contribution in [1.82, 2.24) is 14.5 Å². The maximum absolute atomic E-state index is 12.6. The van der Waals surface area contributed by atoms with E-state index in [1.807, 2.05) is 6.07 Å². The first-order valence-electron chi connectivity index (χ1n) is 7.62. The smallest absolute Gasteiger partial charge is 0.262 e. The van der Waals surface area contributed by atoms with Crippen molar-refractivity contribution in [3.63, 3.8) is 0 Å². The molecule has 0 radical (unpaired) electrons. The fourth-order valence-corrected chi connectivity index (χ4v) is 3.12. The number of hydrogen-bond donors (Lipinski definition) is 1. The van der Waals surface area contributed by atoms with E-state index in [1.165, 1.54) is 16.3 Å². The Morgan fingerprint density at radius 3 is 2.88 bits per heavy atom. The third-order valence-electron chi connectivity index (χ3n) is 3.42.